The third-order valence-corrected chi connectivity index (χ3v) is 6.25. The van der Waals surface area contributed by atoms with Gasteiger partial charge in [0.25, 0.3) is 5.91 Å². The fourth-order valence-corrected chi connectivity index (χ4v) is 5.05. The molecule has 0 aliphatic heterocycles. The Kier molecular flexibility index (Phi) is 6.71. The van der Waals surface area contributed by atoms with E-state index in [-0.39, 0.29) is 19.1 Å². The second-order valence-electron chi connectivity index (χ2n) is 6.49. The van der Waals surface area contributed by atoms with Crippen molar-refractivity contribution in [1.82, 2.24) is 0 Å². The van der Waals surface area contributed by atoms with E-state index in [1.807, 2.05) is 56.5 Å². The van der Waals surface area contributed by atoms with Gasteiger partial charge in [0.2, 0.25) is 0 Å². The summed E-state index contributed by atoms with van der Waals surface area (Å²) in [6.07, 6.45) is 0. The number of ether oxygens (including phenoxy) is 2. The Morgan fingerprint density at radius 3 is 2.41 bits per heavy atom. The zero-order valence-electron chi connectivity index (χ0n) is 16.8. The summed E-state index contributed by atoms with van der Waals surface area (Å²) in [6.45, 7) is 7.70. The molecule has 0 aliphatic rings. The van der Waals surface area contributed by atoms with Crippen molar-refractivity contribution in [2.45, 2.75) is 27.7 Å². The quantitative estimate of drug-likeness (QED) is 0.497. The number of nitrogens with one attached hydrogen (secondary N) is 1. The Bertz CT molecular complexity index is 1000. The monoisotopic (exact) mass is 429 g/mol. The molecule has 0 spiro atoms. The van der Waals surface area contributed by atoms with Crippen molar-refractivity contribution >= 4 is 39.6 Å². The average Bonchev–Trinajstić information content (AvgIpc) is 3.29. The van der Waals surface area contributed by atoms with E-state index in [2.05, 4.69) is 5.32 Å². The van der Waals surface area contributed by atoms with Crippen LogP contribution >= 0.6 is 22.7 Å². The van der Waals surface area contributed by atoms with Crippen LogP contribution < -0.4 is 10.1 Å². The Balaban J connectivity index is 1.84. The number of esters is 1. The molecule has 0 saturated heterocycles. The zero-order chi connectivity index (χ0) is 21.0. The summed E-state index contributed by atoms with van der Waals surface area (Å²) in [6, 6.07) is 9.72. The Morgan fingerprint density at radius 1 is 1.07 bits per heavy atom. The molecule has 0 fully saturated rings. The van der Waals surface area contributed by atoms with E-state index < -0.39 is 5.97 Å². The first-order valence-electron chi connectivity index (χ1n) is 9.25. The lowest BCUT2D eigenvalue weighted by Crippen LogP contribution is -2.21. The summed E-state index contributed by atoms with van der Waals surface area (Å²) < 4.78 is 11.0. The van der Waals surface area contributed by atoms with Crippen LogP contribution in [0.2, 0.25) is 0 Å². The SMILES string of the molecule is CCOC(=O)c1c(NC(=O)COc2c(C)cccc2C)sc(C)c1-c1cccs1. The highest BCUT2D eigenvalue weighted by Gasteiger charge is 2.26. The third-order valence-electron chi connectivity index (χ3n) is 4.34. The highest BCUT2D eigenvalue weighted by atomic mass is 32.1. The van der Waals surface area contributed by atoms with Crippen molar-refractivity contribution in [3.63, 3.8) is 0 Å². The molecule has 0 aliphatic carbocycles. The molecule has 1 N–H and O–H groups in total. The van der Waals surface area contributed by atoms with Crippen molar-refractivity contribution in [2.75, 3.05) is 18.5 Å². The van der Waals surface area contributed by atoms with Crippen LogP contribution in [0.25, 0.3) is 10.4 Å². The van der Waals surface area contributed by atoms with Crippen molar-refractivity contribution in [3.8, 4) is 16.2 Å². The second-order valence-corrected chi connectivity index (χ2v) is 8.67. The van der Waals surface area contributed by atoms with Gasteiger partial charge in [-0.2, -0.15) is 0 Å². The second kappa shape index (κ2) is 9.24. The van der Waals surface area contributed by atoms with E-state index in [1.54, 1.807) is 18.3 Å². The number of anilines is 1. The van der Waals surface area contributed by atoms with Crippen molar-refractivity contribution in [3.05, 3.63) is 57.3 Å². The average molecular weight is 430 g/mol. The normalized spacial score (nSPS) is 10.6. The summed E-state index contributed by atoms with van der Waals surface area (Å²) in [4.78, 5) is 27.1. The number of aryl methyl sites for hydroxylation is 3. The van der Waals surface area contributed by atoms with Crippen LogP contribution in [0, 0.1) is 20.8 Å². The Hall–Kier alpha value is -2.64. The highest BCUT2D eigenvalue weighted by molar-refractivity contribution is 7.18. The van der Waals surface area contributed by atoms with Crippen LogP contribution in [0.3, 0.4) is 0 Å². The third kappa shape index (κ3) is 4.68. The molecule has 2 heterocycles. The van der Waals surface area contributed by atoms with E-state index in [0.29, 0.717) is 16.3 Å². The maximum absolute atomic E-state index is 12.7. The van der Waals surface area contributed by atoms with Gasteiger partial charge < -0.3 is 14.8 Å². The van der Waals surface area contributed by atoms with Gasteiger partial charge in [0.1, 0.15) is 16.3 Å². The van der Waals surface area contributed by atoms with Gasteiger partial charge in [-0.05, 0) is 50.3 Å². The number of carbonyl (C=O) groups is 2. The van der Waals surface area contributed by atoms with E-state index >= 15 is 0 Å². The van der Waals surface area contributed by atoms with Crippen molar-refractivity contribution < 1.29 is 19.1 Å². The number of hydrogen-bond donors (Lipinski definition) is 1. The maximum atomic E-state index is 12.7. The maximum Gasteiger partial charge on any atom is 0.341 e. The molecule has 1 aromatic carbocycles. The number of hydrogen-bond acceptors (Lipinski definition) is 6. The Labute approximate surface area is 178 Å². The zero-order valence-corrected chi connectivity index (χ0v) is 18.5. The van der Waals surface area contributed by atoms with Crippen LogP contribution in [0.1, 0.15) is 33.3 Å². The van der Waals surface area contributed by atoms with Gasteiger partial charge in [-0.25, -0.2) is 4.79 Å². The largest absolute Gasteiger partial charge is 0.483 e. The molecule has 5 nitrogen and oxygen atoms in total. The van der Waals surface area contributed by atoms with E-state index in [0.717, 1.165) is 26.4 Å². The molecule has 0 unspecified atom stereocenters. The van der Waals surface area contributed by atoms with Gasteiger partial charge in [0, 0.05) is 15.3 Å². The summed E-state index contributed by atoms with van der Waals surface area (Å²) in [5, 5.41) is 5.28. The molecule has 7 heteroatoms. The molecule has 29 heavy (non-hydrogen) atoms. The highest BCUT2D eigenvalue weighted by Crippen LogP contribution is 2.42. The minimum absolute atomic E-state index is 0.140. The number of rotatable bonds is 7. The predicted molar refractivity (Wildman–Crippen MR) is 118 cm³/mol. The fraction of sp³-hybridized carbons (Fsp3) is 0.273. The molecule has 2 aromatic heterocycles. The van der Waals surface area contributed by atoms with Crippen molar-refractivity contribution in [1.29, 1.82) is 0 Å². The summed E-state index contributed by atoms with van der Waals surface area (Å²) in [5.41, 5.74) is 3.15. The van der Waals surface area contributed by atoms with E-state index in [1.165, 1.54) is 11.3 Å². The van der Waals surface area contributed by atoms with Crippen LogP contribution in [-0.4, -0.2) is 25.1 Å². The summed E-state index contributed by atoms with van der Waals surface area (Å²) >= 11 is 2.91. The van der Waals surface area contributed by atoms with E-state index in [9.17, 15) is 9.59 Å². The topological polar surface area (TPSA) is 64.6 Å². The van der Waals surface area contributed by atoms with Gasteiger partial charge >= 0.3 is 5.97 Å². The van der Waals surface area contributed by atoms with Crippen LogP contribution in [0.5, 0.6) is 5.75 Å². The standard InChI is InChI=1S/C22H23NO4S2/c1-5-26-22(25)19-18(16-10-7-11-28-16)15(4)29-21(19)23-17(24)12-27-20-13(2)8-6-9-14(20)3/h6-11H,5,12H2,1-4H3,(H,23,24). The van der Waals surface area contributed by atoms with Gasteiger partial charge in [0.15, 0.2) is 6.61 Å². The van der Waals surface area contributed by atoms with Crippen LogP contribution in [-0.2, 0) is 9.53 Å². The van der Waals surface area contributed by atoms with Gasteiger partial charge in [-0.15, -0.1) is 22.7 Å². The van der Waals surface area contributed by atoms with Gasteiger partial charge in [-0.1, -0.05) is 24.3 Å². The number of carbonyl (C=O) groups excluding carboxylic acids is 2. The summed E-state index contributed by atoms with van der Waals surface area (Å²) in [5.74, 6) is -0.0571. The van der Waals surface area contributed by atoms with E-state index in [4.69, 9.17) is 9.47 Å². The smallest absolute Gasteiger partial charge is 0.341 e. The lowest BCUT2D eigenvalue weighted by atomic mass is 10.1. The number of amides is 1. The fourth-order valence-electron chi connectivity index (χ4n) is 3.08. The first-order chi connectivity index (χ1) is 13.9. The lowest BCUT2D eigenvalue weighted by Gasteiger charge is -2.12. The lowest BCUT2D eigenvalue weighted by molar-refractivity contribution is -0.118. The van der Waals surface area contributed by atoms with Crippen LogP contribution in [0.15, 0.2) is 35.7 Å². The molecule has 152 valence electrons. The molecule has 3 aromatic rings. The number of thiophene rings is 2. The van der Waals surface area contributed by atoms with Gasteiger partial charge in [0.05, 0.1) is 6.61 Å². The first kappa shape index (κ1) is 21.1. The molecule has 0 saturated carbocycles. The number of benzene rings is 1. The Morgan fingerprint density at radius 2 is 1.79 bits per heavy atom. The molecule has 3 rings (SSSR count). The van der Waals surface area contributed by atoms with Crippen LogP contribution in [0.4, 0.5) is 5.00 Å². The molecule has 0 radical (unpaired) electrons. The van der Waals surface area contributed by atoms with Gasteiger partial charge in [-0.3, -0.25) is 4.79 Å². The molecular formula is C22H23NO4S2. The molecule has 0 atom stereocenters. The first-order valence-corrected chi connectivity index (χ1v) is 10.9. The molecular weight excluding hydrogens is 406 g/mol. The molecule has 0 bridgehead atoms. The number of para-hydroxylation sites is 1. The van der Waals surface area contributed by atoms with Crippen molar-refractivity contribution in [2.24, 2.45) is 0 Å². The minimum atomic E-state index is -0.439. The predicted octanol–water partition coefficient (Wildman–Crippen LogP) is 5.60. The molecule has 1 amide bonds. The summed E-state index contributed by atoms with van der Waals surface area (Å²) in [7, 11) is 0. The minimum Gasteiger partial charge on any atom is -0.483 e.